The average Bonchev–Trinajstić information content (AvgIpc) is 2.40. The molecule has 0 aromatic heterocycles. The molecule has 0 aliphatic carbocycles. The van der Waals surface area contributed by atoms with Gasteiger partial charge < -0.3 is 40.9 Å². The van der Waals surface area contributed by atoms with Crippen LogP contribution in [0.2, 0.25) is 0 Å². The van der Waals surface area contributed by atoms with E-state index in [2.05, 4.69) is 0 Å². The second-order valence-electron chi connectivity index (χ2n) is 3.21. The number of ether oxygens (including phenoxy) is 4. The second-order valence-corrected chi connectivity index (χ2v) is 4.72. The van der Waals surface area contributed by atoms with E-state index in [0.717, 1.165) is 52.9 Å². The zero-order valence-corrected chi connectivity index (χ0v) is 16.2. The fourth-order valence-electron chi connectivity index (χ4n) is 0.880. The van der Waals surface area contributed by atoms with E-state index in [9.17, 15) is 0 Å². The maximum atomic E-state index is 8.49. The van der Waals surface area contributed by atoms with Crippen LogP contribution >= 0.6 is 0 Å². The van der Waals surface area contributed by atoms with Crippen molar-refractivity contribution in [3.8, 4) is 0 Å². The minimum absolute atomic E-state index is 0. The Hall–Kier alpha value is 0.446. The van der Waals surface area contributed by atoms with E-state index >= 15 is 0 Å². The number of hydrogen-bond donors (Lipinski definition) is 0. The quantitative estimate of drug-likeness (QED) is 0.295. The first-order chi connectivity index (χ1) is 10.0. The van der Waals surface area contributed by atoms with Crippen LogP contribution in [-0.2, 0) is 35.7 Å². The van der Waals surface area contributed by atoms with Crippen LogP contribution in [0.15, 0.2) is 0 Å². The summed E-state index contributed by atoms with van der Waals surface area (Å²) in [6.07, 6.45) is 0. The van der Waals surface area contributed by atoms with Gasteiger partial charge in [0.1, 0.15) is 0 Å². The molecule has 19 heteroatoms. The molecule has 2 fully saturated rings. The SMILES string of the molecule is C1COCCO1.C1COCCO1.O.O.O.O.[Co+2].[O-][Cl+3]([O-])([O-])[O-].[O-][Cl+3]([O-])([O-])[O-]. The maximum Gasteiger partial charge on any atom is 2.00 e. The molecule has 0 unspecified atom stereocenters. The third kappa shape index (κ3) is 102. The van der Waals surface area contributed by atoms with Crippen LogP contribution in [0, 0.1) is 20.5 Å². The number of halogens is 2. The van der Waals surface area contributed by atoms with E-state index in [1.807, 2.05) is 0 Å². The summed E-state index contributed by atoms with van der Waals surface area (Å²) in [5, 5.41) is 0. The second kappa shape index (κ2) is 28.7. The van der Waals surface area contributed by atoms with Gasteiger partial charge in [-0.15, -0.1) is 20.5 Å². The summed E-state index contributed by atoms with van der Waals surface area (Å²) in [6.45, 7) is 6.22. The van der Waals surface area contributed by atoms with Gasteiger partial charge in [0.05, 0.1) is 52.9 Å². The van der Waals surface area contributed by atoms with Gasteiger partial charge in [-0.3, -0.25) is 0 Å². The van der Waals surface area contributed by atoms with Gasteiger partial charge in [0, 0.05) is 0 Å². The van der Waals surface area contributed by atoms with Crippen LogP contribution in [0.3, 0.4) is 0 Å². The molecular formula is C8H24Cl2CoO16. The van der Waals surface area contributed by atoms with E-state index < -0.39 is 20.5 Å². The van der Waals surface area contributed by atoms with E-state index in [0.29, 0.717) is 0 Å². The predicted molar refractivity (Wildman–Crippen MR) is 57.7 cm³/mol. The largest absolute Gasteiger partial charge is 2.00 e. The standard InChI is InChI=1S/2C4H8O2.2ClHO4.Co.4H2O/c2*1-2-6-4-3-5-1;2*2-1(3,4)5;;;;;/h2*1-4H2;2*(H,2,3,4,5);;4*1H2/q;;;;+2;;;;/p-2. The van der Waals surface area contributed by atoms with Gasteiger partial charge in [-0.25, -0.2) is 37.3 Å². The van der Waals surface area contributed by atoms with Crippen LogP contribution in [0.1, 0.15) is 0 Å². The first-order valence-corrected chi connectivity index (χ1v) is 8.01. The molecule has 2 aliphatic heterocycles. The summed E-state index contributed by atoms with van der Waals surface area (Å²) in [4.78, 5) is 0. The van der Waals surface area contributed by atoms with Crippen molar-refractivity contribution in [3.63, 3.8) is 0 Å². The van der Waals surface area contributed by atoms with Gasteiger partial charge >= 0.3 is 16.8 Å². The molecule has 2 heterocycles. The molecular weight excluding hydrogens is 482 g/mol. The molecule has 0 aromatic carbocycles. The molecule has 0 bridgehead atoms. The zero-order chi connectivity index (χ0) is 17.5. The van der Waals surface area contributed by atoms with Crippen LogP contribution in [0.25, 0.3) is 0 Å². The van der Waals surface area contributed by atoms with Gasteiger partial charge in [0.25, 0.3) is 0 Å². The normalized spacial score (nSPS) is 15.1. The Morgan fingerprint density at radius 3 is 0.481 bits per heavy atom. The number of hydrogen-bond acceptors (Lipinski definition) is 12. The molecule has 0 atom stereocenters. The summed E-state index contributed by atoms with van der Waals surface area (Å²) in [5.41, 5.74) is 0. The molecule has 2 rings (SSSR count). The van der Waals surface area contributed by atoms with Crippen molar-refractivity contribution in [2.75, 3.05) is 52.9 Å². The van der Waals surface area contributed by atoms with Crippen molar-refractivity contribution in [2.45, 2.75) is 0 Å². The van der Waals surface area contributed by atoms with Gasteiger partial charge in [0.2, 0.25) is 0 Å². The Bertz CT molecular complexity index is 172. The van der Waals surface area contributed by atoms with Crippen LogP contribution < -0.4 is 37.3 Å². The van der Waals surface area contributed by atoms with Gasteiger partial charge in [-0.05, 0) is 0 Å². The van der Waals surface area contributed by atoms with E-state index in [1.165, 1.54) is 0 Å². The minimum Gasteiger partial charge on any atom is -0.412 e. The van der Waals surface area contributed by atoms with Gasteiger partial charge in [0.15, 0.2) is 0 Å². The summed E-state index contributed by atoms with van der Waals surface area (Å²) in [7, 11) is -9.89. The summed E-state index contributed by atoms with van der Waals surface area (Å²) >= 11 is 0. The summed E-state index contributed by atoms with van der Waals surface area (Å²) in [6, 6.07) is 0. The minimum atomic E-state index is -4.94. The van der Waals surface area contributed by atoms with Crippen molar-refractivity contribution in [1.82, 2.24) is 0 Å². The number of rotatable bonds is 0. The fourth-order valence-corrected chi connectivity index (χ4v) is 0.880. The third-order valence-corrected chi connectivity index (χ3v) is 1.49. The summed E-state index contributed by atoms with van der Waals surface area (Å²) in [5.74, 6) is 0. The molecule has 27 heavy (non-hydrogen) atoms. The predicted octanol–water partition coefficient (Wildman–Crippen LogP) is -12.7. The van der Waals surface area contributed by atoms with Gasteiger partial charge in [-0.2, -0.15) is 0 Å². The monoisotopic (exact) mass is 505 g/mol. The Balaban J connectivity index is -0.0000000374. The topological polar surface area (TPSA) is 347 Å². The molecule has 2 aliphatic rings. The Kier molecular flexibility index (Phi) is 48.7. The van der Waals surface area contributed by atoms with Crippen molar-refractivity contribution >= 4 is 0 Å². The van der Waals surface area contributed by atoms with Crippen LogP contribution in [-0.4, -0.2) is 74.8 Å². The van der Waals surface area contributed by atoms with Crippen molar-refractivity contribution in [3.05, 3.63) is 0 Å². The summed E-state index contributed by atoms with van der Waals surface area (Å²) < 4.78 is 87.7. The Morgan fingerprint density at radius 1 is 0.370 bits per heavy atom. The van der Waals surface area contributed by atoms with Crippen molar-refractivity contribution in [2.24, 2.45) is 0 Å². The third-order valence-electron chi connectivity index (χ3n) is 1.49. The smallest absolute Gasteiger partial charge is 0.412 e. The maximum absolute atomic E-state index is 8.49. The average molecular weight is 506 g/mol. The zero-order valence-electron chi connectivity index (χ0n) is 13.6. The van der Waals surface area contributed by atoms with Crippen LogP contribution in [0.5, 0.6) is 0 Å². The molecule has 2 saturated heterocycles. The van der Waals surface area contributed by atoms with E-state index in [-0.39, 0.29) is 38.7 Å². The first-order valence-electron chi connectivity index (χ1n) is 5.54. The molecule has 16 nitrogen and oxygen atoms in total. The molecule has 8 N–H and O–H groups in total. The molecule has 0 amide bonds. The first kappa shape index (κ1) is 45.9. The van der Waals surface area contributed by atoms with E-state index in [4.69, 9.17) is 56.2 Å². The molecule has 0 saturated carbocycles. The Morgan fingerprint density at radius 2 is 0.444 bits per heavy atom. The molecule has 0 aromatic rings. The molecule has 1 radical (unpaired) electrons. The molecule has 175 valence electrons. The van der Waals surface area contributed by atoms with Gasteiger partial charge in [-0.1, -0.05) is 0 Å². The molecule has 0 spiro atoms. The van der Waals surface area contributed by atoms with E-state index in [1.54, 1.807) is 0 Å². The van der Waals surface area contributed by atoms with Crippen molar-refractivity contribution in [1.29, 1.82) is 0 Å². The van der Waals surface area contributed by atoms with Crippen LogP contribution in [0.4, 0.5) is 0 Å². The van der Waals surface area contributed by atoms with Crippen molar-refractivity contribution < 1.29 is 115 Å². The Labute approximate surface area is 168 Å². The fraction of sp³-hybridized carbons (Fsp3) is 1.00.